The highest BCUT2D eigenvalue weighted by Gasteiger charge is 2.37. The Bertz CT molecular complexity index is 410. The number of sulfonamides is 1. The predicted molar refractivity (Wildman–Crippen MR) is 75.0 cm³/mol. The molecule has 1 rings (SSSR count). The molecule has 112 valence electrons. The summed E-state index contributed by atoms with van der Waals surface area (Å²) in [5.41, 5.74) is 5.29. The molecule has 0 heterocycles. The van der Waals surface area contributed by atoms with Crippen LogP contribution in [0.25, 0.3) is 0 Å². The van der Waals surface area contributed by atoms with E-state index in [9.17, 15) is 13.2 Å². The van der Waals surface area contributed by atoms with E-state index >= 15 is 0 Å². The molecule has 0 bridgehead atoms. The molecule has 1 fully saturated rings. The van der Waals surface area contributed by atoms with Crippen molar-refractivity contribution in [1.29, 1.82) is 0 Å². The number of hydrogen-bond donors (Lipinski definition) is 3. The molecule has 0 aromatic rings. The number of nitrogens with two attached hydrogens (primary N) is 1. The molecule has 0 spiro atoms. The van der Waals surface area contributed by atoms with Crippen molar-refractivity contribution in [2.45, 2.75) is 45.1 Å². The molecule has 0 aliphatic heterocycles. The Hall–Kier alpha value is -0.660. The minimum Gasteiger partial charge on any atom is -0.353 e. The summed E-state index contributed by atoms with van der Waals surface area (Å²) in [6.07, 6.45) is 3.38. The summed E-state index contributed by atoms with van der Waals surface area (Å²) in [4.78, 5) is 12.1. The second-order valence-electron chi connectivity index (χ2n) is 5.43. The molecule has 2 atom stereocenters. The lowest BCUT2D eigenvalue weighted by Crippen LogP contribution is -2.56. The van der Waals surface area contributed by atoms with Crippen LogP contribution >= 0.6 is 0 Å². The van der Waals surface area contributed by atoms with Crippen molar-refractivity contribution < 1.29 is 13.2 Å². The Labute approximate surface area is 115 Å². The fourth-order valence-corrected chi connectivity index (χ4v) is 3.52. The second-order valence-corrected chi connectivity index (χ2v) is 7.36. The molecule has 7 heteroatoms. The topological polar surface area (TPSA) is 101 Å². The molecule has 1 saturated carbocycles. The van der Waals surface area contributed by atoms with Crippen LogP contribution < -0.4 is 15.8 Å². The standard InChI is InChI=1S/C12H25N3O3S/c1-3-15-19(17,18)8-7-14-11(16)12(13)6-4-5-10(2)9-12/h10,15H,3-9,13H2,1-2H3,(H,14,16). The van der Waals surface area contributed by atoms with Gasteiger partial charge in [-0.2, -0.15) is 0 Å². The van der Waals surface area contributed by atoms with E-state index in [-0.39, 0.29) is 18.2 Å². The molecule has 4 N–H and O–H groups in total. The Morgan fingerprint density at radius 1 is 1.47 bits per heavy atom. The molecule has 2 unspecified atom stereocenters. The first-order chi connectivity index (χ1) is 8.79. The molecular formula is C12H25N3O3S. The van der Waals surface area contributed by atoms with Gasteiger partial charge in [0.15, 0.2) is 0 Å². The van der Waals surface area contributed by atoms with Gasteiger partial charge in [0.25, 0.3) is 0 Å². The van der Waals surface area contributed by atoms with Crippen molar-refractivity contribution in [3.05, 3.63) is 0 Å². The largest absolute Gasteiger partial charge is 0.353 e. The number of nitrogens with one attached hydrogen (secondary N) is 2. The van der Waals surface area contributed by atoms with Gasteiger partial charge >= 0.3 is 0 Å². The maximum Gasteiger partial charge on any atom is 0.240 e. The van der Waals surface area contributed by atoms with Crippen LogP contribution in [0.3, 0.4) is 0 Å². The van der Waals surface area contributed by atoms with Gasteiger partial charge in [-0.1, -0.05) is 26.7 Å². The van der Waals surface area contributed by atoms with E-state index in [1.165, 1.54) is 0 Å². The maximum absolute atomic E-state index is 12.1. The molecule has 0 saturated heterocycles. The van der Waals surface area contributed by atoms with Gasteiger partial charge in [-0.05, 0) is 18.8 Å². The van der Waals surface area contributed by atoms with Gasteiger partial charge in [0.2, 0.25) is 15.9 Å². The van der Waals surface area contributed by atoms with Gasteiger partial charge in [-0.15, -0.1) is 0 Å². The fraction of sp³-hybridized carbons (Fsp3) is 0.917. The van der Waals surface area contributed by atoms with Gasteiger partial charge in [-0.25, -0.2) is 13.1 Å². The predicted octanol–water partition coefficient (Wildman–Crippen LogP) is -0.0505. The van der Waals surface area contributed by atoms with Crippen LogP contribution in [-0.2, 0) is 14.8 Å². The molecule has 1 amide bonds. The lowest BCUT2D eigenvalue weighted by atomic mass is 9.76. The quantitative estimate of drug-likeness (QED) is 0.638. The summed E-state index contributed by atoms with van der Waals surface area (Å²) < 4.78 is 25.2. The molecule has 0 radical (unpaired) electrons. The molecule has 0 aromatic heterocycles. The van der Waals surface area contributed by atoms with Crippen LogP contribution in [0.4, 0.5) is 0 Å². The molecule has 19 heavy (non-hydrogen) atoms. The number of rotatable bonds is 6. The lowest BCUT2D eigenvalue weighted by molar-refractivity contribution is -0.127. The summed E-state index contributed by atoms with van der Waals surface area (Å²) in [6.45, 7) is 4.26. The van der Waals surface area contributed by atoms with E-state index in [1.807, 2.05) is 0 Å². The van der Waals surface area contributed by atoms with Crippen molar-refractivity contribution in [3.8, 4) is 0 Å². The van der Waals surface area contributed by atoms with Crippen LogP contribution in [0.2, 0.25) is 0 Å². The number of amides is 1. The van der Waals surface area contributed by atoms with Gasteiger partial charge in [0, 0.05) is 13.1 Å². The SMILES string of the molecule is CCNS(=O)(=O)CCNC(=O)C1(N)CCCC(C)C1. The van der Waals surface area contributed by atoms with Crippen LogP contribution in [-0.4, -0.2) is 38.7 Å². The van der Waals surface area contributed by atoms with Crippen molar-refractivity contribution >= 4 is 15.9 Å². The van der Waals surface area contributed by atoms with E-state index in [2.05, 4.69) is 17.0 Å². The van der Waals surface area contributed by atoms with E-state index < -0.39 is 15.6 Å². The Morgan fingerprint density at radius 3 is 2.74 bits per heavy atom. The van der Waals surface area contributed by atoms with E-state index in [0.29, 0.717) is 25.3 Å². The summed E-state index contributed by atoms with van der Waals surface area (Å²) in [7, 11) is -3.29. The third-order valence-corrected chi connectivity index (χ3v) is 4.98. The van der Waals surface area contributed by atoms with Crippen LogP contribution in [0, 0.1) is 5.92 Å². The molecule has 6 nitrogen and oxygen atoms in total. The van der Waals surface area contributed by atoms with Crippen molar-refractivity contribution in [2.24, 2.45) is 11.7 Å². The maximum atomic E-state index is 12.1. The minimum absolute atomic E-state index is 0.0987. The highest BCUT2D eigenvalue weighted by molar-refractivity contribution is 7.89. The number of carbonyl (C=O) groups is 1. The smallest absolute Gasteiger partial charge is 0.240 e. The van der Waals surface area contributed by atoms with E-state index in [4.69, 9.17) is 5.73 Å². The number of carbonyl (C=O) groups excluding carboxylic acids is 1. The molecule has 1 aliphatic rings. The van der Waals surface area contributed by atoms with E-state index in [0.717, 1.165) is 12.8 Å². The van der Waals surface area contributed by atoms with Crippen molar-refractivity contribution in [3.63, 3.8) is 0 Å². The highest BCUT2D eigenvalue weighted by atomic mass is 32.2. The fourth-order valence-electron chi connectivity index (χ4n) is 2.57. The summed E-state index contributed by atoms with van der Waals surface area (Å²) in [6, 6.07) is 0. The van der Waals surface area contributed by atoms with Gasteiger partial charge in [-0.3, -0.25) is 4.79 Å². The van der Waals surface area contributed by atoms with Crippen molar-refractivity contribution in [2.75, 3.05) is 18.8 Å². The monoisotopic (exact) mass is 291 g/mol. The lowest BCUT2D eigenvalue weighted by Gasteiger charge is -2.35. The average Bonchev–Trinajstić information content (AvgIpc) is 2.28. The minimum atomic E-state index is -3.29. The van der Waals surface area contributed by atoms with Crippen LogP contribution in [0.15, 0.2) is 0 Å². The molecule has 0 aromatic carbocycles. The number of hydrogen-bond acceptors (Lipinski definition) is 4. The van der Waals surface area contributed by atoms with Crippen LogP contribution in [0.1, 0.15) is 39.5 Å². The van der Waals surface area contributed by atoms with E-state index in [1.54, 1.807) is 6.92 Å². The second kappa shape index (κ2) is 6.67. The van der Waals surface area contributed by atoms with Crippen molar-refractivity contribution in [1.82, 2.24) is 10.0 Å². The van der Waals surface area contributed by atoms with Crippen LogP contribution in [0.5, 0.6) is 0 Å². The Kier molecular flexibility index (Phi) is 5.76. The normalized spacial score (nSPS) is 28.1. The zero-order valence-electron chi connectivity index (χ0n) is 11.7. The summed E-state index contributed by atoms with van der Waals surface area (Å²) >= 11 is 0. The highest BCUT2D eigenvalue weighted by Crippen LogP contribution is 2.30. The van der Waals surface area contributed by atoms with Gasteiger partial charge < -0.3 is 11.1 Å². The zero-order valence-corrected chi connectivity index (χ0v) is 12.6. The Balaban J connectivity index is 2.43. The average molecular weight is 291 g/mol. The Morgan fingerprint density at radius 2 is 2.16 bits per heavy atom. The first kappa shape index (κ1) is 16.4. The molecular weight excluding hydrogens is 266 g/mol. The molecule has 1 aliphatic carbocycles. The first-order valence-corrected chi connectivity index (χ1v) is 8.49. The third-order valence-electron chi connectivity index (χ3n) is 3.51. The third kappa shape index (κ3) is 5.08. The summed E-state index contributed by atoms with van der Waals surface area (Å²) in [5.74, 6) is 0.0961. The van der Waals surface area contributed by atoms with Gasteiger partial charge in [0.05, 0.1) is 11.3 Å². The zero-order chi connectivity index (χ0) is 14.5. The first-order valence-electron chi connectivity index (χ1n) is 6.83. The van der Waals surface area contributed by atoms with Gasteiger partial charge in [0.1, 0.15) is 0 Å². The summed E-state index contributed by atoms with van der Waals surface area (Å²) in [5, 5.41) is 2.64.